The maximum atomic E-state index is 14.0. The summed E-state index contributed by atoms with van der Waals surface area (Å²) in [5, 5.41) is 10.5. The lowest BCUT2D eigenvalue weighted by atomic mass is 10.1. The number of carbonyl (C=O) groups excluding carboxylic acids is 1. The average molecular weight is 466 g/mol. The highest BCUT2D eigenvalue weighted by atomic mass is 19.1. The third-order valence-electron chi connectivity index (χ3n) is 5.57. The van der Waals surface area contributed by atoms with Crippen LogP contribution in [0.3, 0.4) is 0 Å². The molecule has 0 bridgehead atoms. The van der Waals surface area contributed by atoms with Crippen LogP contribution in [0.2, 0.25) is 0 Å². The minimum absolute atomic E-state index is 0.214. The highest BCUT2D eigenvalue weighted by Gasteiger charge is 2.14. The summed E-state index contributed by atoms with van der Waals surface area (Å²) < 4.78 is 21.7. The summed E-state index contributed by atoms with van der Waals surface area (Å²) in [7, 11) is 0. The minimum atomic E-state index is -0.454. The van der Waals surface area contributed by atoms with Gasteiger partial charge in [-0.15, -0.1) is 0 Å². The number of rotatable bonds is 8. The van der Waals surface area contributed by atoms with Crippen LogP contribution in [0.4, 0.5) is 10.1 Å². The number of aromatic nitrogens is 2. The summed E-state index contributed by atoms with van der Waals surface area (Å²) in [5.74, 6) is 0.0189. The van der Waals surface area contributed by atoms with Crippen LogP contribution in [0, 0.1) is 26.6 Å². The standard InChI is InChI=1S/C26H32FN5O2/c1-6-32-19(5)21(18(4)31-32)14-15-28-26(29-23-10-8-9-11-24(23)34-7-2)30-25(33)20-13-12-17(3)22(27)16-20/h8-13,16H,6-7,14-15H2,1-5H3,(H2,28,29,30,33). The average Bonchev–Trinajstić information content (AvgIpc) is 3.09. The number of anilines is 1. The normalized spacial score (nSPS) is 11.4. The second-order valence-corrected chi connectivity index (χ2v) is 7.92. The van der Waals surface area contributed by atoms with Crippen molar-refractivity contribution in [3.8, 4) is 5.75 Å². The third-order valence-corrected chi connectivity index (χ3v) is 5.57. The quantitative estimate of drug-likeness (QED) is 0.370. The van der Waals surface area contributed by atoms with E-state index >= 15 is 0 Å². The number of hydrogen-bond donors (Lipinski definition) is 2. The maximum Gasteiger partial charge on any atom is 0.258 e. The Morgan fingerprint density at radius 1 is 1.15 bits per heavy atom. The summed E-state index contributed by atoms with van der Waals surface area (Å²) in [4.78, 5) is 17.5. The molecule has 0 aliphatic rings. The molecule has 1 aromatic heterocycles. The van der Waals surface area contributed by atoms with Crippen molar-refractivity contribution < 1.29 is 13.9 Å². The number of aliphatic imine (C=N–C) groups is 1. The van der Waals surface area contributed by atoms with Gasteiger partial charge in [-0.1, -0.05) is 18.2 Å². The van der Waals surface area contributed by atoms with E-state index in [0.29, 0.717) is 36.6 Å². The Bertz CT molecular complexity index is 1190. The Morgan fingerprint density at radius 2 is 1.91 bits per heavy atom. The number of hydrogen-bond acceptors (Lipinski definition) is 4. The summed E-state index contributed by atoms with van der Waals surface area (Å²) in [6, 6.07) is 11.8. The summed E-state index contributed by atoms with van der Waals surface area (Å²) in [6.07, 6.45) is 0.672. The van der Waals surface area contributed by atoms with E-state index in [1.54, 1.807) is 19.1 Å². The van der Waals surface area contributed by atoms with Crippen LogP contribution in [0.25, 0.3) is 0 Å². The minimum Gasteiger partial charge on any atom is -0.492 e. The molecule has 1 heterocycles. The van der Waals surface area contributed by atoms with Crippen LogP contribution in [0.15, 0.2) is 47.5 Å². The molecule has 3 rings (SSSR count). The summed E-state index contributed by atoms with van der Waals surface area (Å²) in [6.45, 7) is 11.4. The van der Waals surface area contributed by atoms with Crippen molar-refractivity contribution in [2.45, 2.75) is 47.6 Å². The van der Waals surface area contributed by atoms with Crippen molar-refractivity contribution in [3.05, 3.63) is 76.4 Å². The van der Waals surface area contributed by atoms with Crippen molar-refractivity contribution in [2.24, 2.45) is 4.99 Å². The molecule has 7 nitrogen and oxygen atoms in total. The molecule has 0 atom stereocenters. The molecule has 8 heteroatoms. The molecule has 2 aromatic carbocycles. The third kappa shape index (κ3) is 6.01. The van der Waals surface area contributed by atoms with Gasteiger partial charge in [0, 0.05) is 24.3 Å². The Kier molecular flexibility index (Phi) is 8.40. The number of para-hydroxylation sites is 2. The molecule has 34 heavy (non-hydrogen) atoms. The second kappa shape index (κ2) is 11.4. The largest absolute Gasteiger partial charge is 0.492 e. The number of ether oxygens (including phenoxy) is 1. The molecule has 0 aliphatic carbocycles. The lowest BCUT2D eigenvalue weighted by Gasteiger charge is -2.15. The van der Waals surface area contributed by atoms with E-state index < -0.39 is 11.7 Å². The van der Waals surface area contributed by atoms with E-state index in [4.69, 9.17) is 4.74 Å². The highest BCUT2D eigenvalue weighted by molar-refractivity contribution is 6.10. The van der Waals surface area contributed by atoms with Gasteiger partial charge in [-0.3, -0.25) is 19.8 Å². The van der Waals surface area contributed by atoms with Crippen molar-refractivity contribution in [1.29, 1.82) is 0 Å². The molecule has 1 amide bonds. The Balaban J connectivity index is 1.84. The highest BCUT2D eigenvalue weighted by Crippen LogP contribution is 2.23. The van der Waals surface area contributed by atoms with Gasteiger partial charge >= 0.3 is 0 Å². The molecule has 0 fully saturated rings. The van der Waals surface area contributed by atoms with Crippen molar-refractivity contribution in [3.63, 3.8) is 0 Å². The lowest BCUT2D eigenvalue weighted by Crippen LogP contribution is -2.36. The number of halogens is 1. The number of guanidine groups is 1. The summed E-state index contributed by atoms with van der Waals surface area (Å²) in [5.41, 5.74) is 4.60. The van der Waals surface area contributed by atoms with Gasteiger partial charge in [0.25, 0.3) is 5.91 Å². The van der Waals surface area contributed by atoms with Gasteiger partial charge in [0.05, 0.1) is 18.0 Å². The fraction of sp³-hybridized carbons (Fsp3) is 0.346. The first kappa shape index (κ1) is 25.0. The first-order valence-corrected chi connectivity index (χ1v) is 11.5. The molecule has 2 N–H and O–H groups in total. The zero-order valence-electron chi connectivity index (χ0n) is 20.4. The van der Waals surface area contributed by atoms with Crippen LogP contribution in [-0.4, -0.2) is 34.8 Å². The van der Waals surface area contributed by atoms with Crippen LogP contribution >= 0.6 is 0 Å². The number of nitrogens with zero attached hydrogens (tertiary/aromatic N) is 3. The van der Waals surface area contributed by atoms with Crippen LogP contribution in [0.5, 0.6) is 5.75 Å². The Hall–Kier alpha value is -3.68. The van der Waals surface area contributed by atoms with E-state index in [2.05, 4.69) is 27.6 Å². The topological polar surface area (TPSA) is 80.5 Å². The molecule has 0 saturated carbocycles. The van der Waals surface area contributed by atoms with E-state index in [1.165, 1.54) is 6.07 Å². The molecule has 0 spiro atoms. The number of aryl methyl sites for hydroxylation is 3. The first-order chi connectivity index (χ1) is 16.3. The molecule has 0 unspecified atom stereocenters. The predicted octanol–water partition coefficient (Wildman–Crippen LogP) is 4.81. The predicted molar refractivity (Wildman–Crippen MR) is 133 cm³/mol. The number of carbonyl (C=O) groups is 1. The van der Waals surface area contributed by atoms with E-state index in [1.807, 2.05) is 49.7 Å². The smallest absolute Gasteiger partial charge is 0.258 e. The van der Waals surface area contributed by atoms with Crippen molar-refractivity contribution >= 4 is 17.6 Å². The Labute approximate surface area is 200 Å². The van der Waals surface area contributed by atoms with Crippen LogP contribution < -0.4 is 15.4 Å². The van der Waals surface area contributed by atoms with E-state index in [0.717, 1.165) is 23.5 Å². The zero-order chi connectivity index (χ0) is 24.7. The van der Waals surface area contributed by atoms with Gasteiger partial charge in [0.15, 0.2) is 0 Å². The SMILES string of the molecule is CCOc1ccccc1NC(=NCCc1c(C)nn(CC)c1C)NC(=O)c1ccc(C)c(F)c1. The molecular formula is C26H32FN5O2. The van der Waals surface area contributed by atoms with Gasteiger partial charge in [0.1, 0.15) is 11.6 Å². The van der Waals surface area contributed by atoms with E-state index in [9.17, 15) is 9.18 Å². The van der Waals surface area contributed by atoms with E-state index in [-0.39, 0.29) is 11.5 Å². The zero-order valence-corrected chi connectivity index (χ0v) is 20.4. The first-order valence-electron chi connectivity index (χ1n) is 11.5. The monoisotopic (exact) mass is 465 g/mol. The summed E-state index contributed by atoms with van der Waals surface area (Å²) >= 11 is 0. The fourth-order valence-electron chi connectivity index (χ4n) is 3.69. The van der Waals surface area contributed by atoms with Gasteiger partial charge in [-0.2, -0.15) is 5.10 Å². The van der Waals surface area contributed by atoms with Crippen molar-refractivity contribution in [1.82, 2.24) is 15.1 Å². The van der Waals surface area contributed by atoms with Crippen LogP contribution in [0.1, 0.15) is 46.7 Å². The maximum absolute atomic E-state index is 14.0. The fourth-order valence-corrected chi connectivity index (χ4v) is 3.69. The van der Waals surface area contributed by atoms with Gasteiger partial charge in [-0.05, 0) is 76.4 Å². The molecule has 0 aliphatic heterocycles. The second-order valence-electron chi connectivity index (χ2n) is 7.92. The number of nitrogens with one attached hydrogen (secondary N) is 2. The lowest BCUT2D eigenvalue weighted by molar-refractivity contribution is 0.0976. The Morgan fingerprint density at radius 3 is 2.59 bits per heavy atom. The molecular weight excluding hydrogens is 433 g/mol. The number of benzene rings is 2. The molecule has 3 aromatic rings. The van der Waals surface area contributed by atoms with Crippen LogP contribution in [-0.2, 0) is 13.0 Å². The van der Waals surface area contributed by atoms with Gasteiger partial charge in [0.2, 0.25) is 5.96 Å². The van der Waals surface area contributed by atoms with Gasteiger partial charge in [-0.25, -0.2) is 4.39 Å². The molecule has 0 radical (unpaired) electrons. The van der Waals surface area contributed by atoms with Gasteiger partial charge < -0.3 is 10.1 Å². The van der Waals surface area contributed by atoms with Crippen molar-refractivity contribution in [2.75, 3.05) is 18.5 Å². The number of amides is 1. The molecule has 180 valence electrons. The molecule has 0 saturated heterocycles.